The summed E-state index contributed by atoms with van der Waals surface area (Å²) >= 11 is 0. The van der Waals surface area contributed by atoms with Crippen LogP contribution in [0.1, 0.15) is 10.4 Å². The van der Waals surface area contributed by atoms with Crippen molar-refractivity contribution in [3.63, 3.8) is 0 Å². The lowest BCUT2D eigenvalue weighted by Crippen LogP contribution is -2.18. The van der Waals surface area contributed by atoms with Gasteiger partial charge in [0.25, 0.3) is 0 Å². The van der Waals surface area contributed by atoms with Crippen LogP contribution in [-0.2, 0) is 4.74 Å². The summed E-state index contributed by atoms with van der Waals surface area (Å²) in [7, 11) is 1.51. The van der Waals surface area contributed by atoms with Crippen LogP contribution in [0, 0.1) is 0 Å². The normalized spacial score (nSPS) is 13.7. The van der Waals surface area contributed by atoms with Crippen molar-refractivity contribution in [2.24, 2.45) is 0 Å². The molecule has 15 heavy (non-hydrogen) atoms. The number of anilines is 1. The molecule has 0 aliphatic carbocycles. The van der Waals surface area contributed by atoms with Gasteiger partial charge in [0.1, 0.15) is 19.0 Å². The van der Waals surface area contributed by atoms with Crippen molar-refractivity contribution in [3.8, 4) is 5.75 Å². The highest BCUT2D eigenvalue weighted by Crippen LogP contribution is 2.28. The molecule has 0 amide bonds. The van der Waals surface area contributed by atoms with E-state index >= 15 is 0 Å². The predicted octanol–water partition coefficient (Wildman–Crippen LogP) is 1.32. The van der Waals surface area contributed by atoms with Gasteiger partial charge in [-0.25, -0.2) is 0 Å². The van der Waals surface area contributed by atoms with Gasteiger partial charge >= 0.3 is 0 Å². The average molecular weight is 207 g/mol. The minimum absolute atomic E-state index is 0.0207. The number of fused-ring (bicyclic) bond motifs is 1. The fourth-order valence-corrected chi connectivity index (χ4v) is 1.53. The molecule has 0 spiro atoms. The summed E-state index contributed by atoms with van der Waals surface area (Å²) in [4.78, 5) is 11.5. The molecule has 0 bridgehead atoms. The number of carbonyl (C=O) groups is 1. The van der Waals surface area contributed by atoms with E-state index in [4.69, 9.17) is 9.47 Å². The number of ether oxygens (including phenoxy) is 2. The van der Waals surface area contributed by atoms with Gasteiger partial charge in [-0.2, -0.15) is 0 Å². The number of nitrogens with one attached hydrogen (secondary N) is 1. The molecule has 0 radical (unpaired) electrons. The lowest BCUT2D eigenvalue weighted by molar-refractivity contribution is 0.0848. The van der Waals surface area contributed by atoms with E-state index in [9.17, 15) is 4.79 Å². The van der Waals surface area contributed by atoms with Crippen molar-refractivity contribution < 1.29 is 14.3 Å². The van der Waals surface area contributed by atoms with Crippen molar-refractivity contribution in [3.05, 3.63) is 23.8 Å². The highest BCUT2D eigenvalue weighted by atomic mass is 16.5. The van der Waals surface area contributed by atoms with Gasteiger partial charge in [0.05, 0.1) is 5.69 Å². The molecule has 0 unspecified atom stereocenters. The molecule has 1 aromatic carbocycles. The van der Waals surface area contributed by atoms with Gasteiger partial charge in [-0.15, -0.1) is 0 Å². The fraction of sp³-hybridized carbons (Fsp3) is 0.364. The molecular formula is C11H13NO3. The largest absolute Gasteiger partial charge is 0.490 e. The molecule has 0 atom stereocenters. The first kappa shape index (κ1) is 9.98. The third kappa shape index (κ3) is 2.10. The van der Waals surface area contributed by atoms with Crippen LogP contribution in [0.15, 0.2) is 18.2 Å². The second kappa shape index (κ2) is 4.31. The number of methoxy groups -OCH3 is 1. The molecule has 4 nitrogen and oxygen atoms in total. The number of Topliss-reactive ketones (excluding diaryl/α,β-unsaturated/α-hetero) is 1. The third-order valence-corrected chi connectivity index (χ3v) is 2.25. The SMILES string of the molecule is COCC(=O)c1ccc2c(c1)NCCO2. The van der Waals surface area contributed by atoms with E-state index in [1.54, 1.807) is 12.1 Å². The van der Waals surface area contributed by atoms with Crippen LogP contribution >= 0.6 is 0 Å². The Morgan fingerprint density at radius 3 is 3.27 bits per heavy atom. The molecule has 1 aromatic rings. The Labute approximate surface area is 88.2 Å². The van der Waals surface area contributed by atoms with Crippen LogP contribution in [0.5, 0.6) is 5.75 Å². The summed E-state index contributed by atoms with van der Waals surface area (Å²) in [6, 6.07) is 5.37. The van der Waals surface area contributed by atoms with Crippen molar-refractivity contribution >= 4 is 11.5 Å². The molecule has 0 saturated carbocycles. The summed E-state index contributed by atoms with van der Waals surface area (Å²) in [5.74, 6) is 0.780. The van der Waals surface area contributed by atoms with Gasteiger partial charge in [-0.3, -0.25) is 4.79 Å². The van der Waals surface area contributed by atoms with Crippen molar-refractivity contribution in [2.45, 2.75) is 0 Å². The summed E-state index contributed by atoms with van der Waals surface area (Å²) < 4.78 is 10.2. The van der Waals surface area contributed by atoms with Gasteiger partial charge in [0.2, 0.25) is 0 Å². The van der Waals surface area contributed by atoms with E-state index in [-0.39, 0.29) is 12.4 Å². The Kier molecular flexibility index (Phi) is 2.87. The Morgan fingerprint density at radius 2 is 2.47 bits per heavy atom. The van der Waals surface area contributed by atoms with Crippen molar-refractivity contribution in [1.82, 2.24) is 0 Å². The summed E-state index contributed by atoms with van der Waals surface area (Å²) in [6.07, 6.45) is 0. The zero-order valence-electron chi connectivity index (χ0n) is 8.58. The monoisotopic (exact) mass is 207 g/mol. The average Bonchev–Trinajstić information content (AvgIpc) is 2.29. The summed E-state index contributed by atoms with van der Waals surface area (Å²) in [6.45, 7) is 1.55. The van der Waals surface area contributed by atoms with E-state index in [2.05, 4.69) is 5.32 Å². The first-order valence-corrected chi connectivity index (χ1v) is 4.84. The first-order chi connectivity index (χ1) is 7.31. The zero-order chi connectivity index (χ0) is 10.7. The van der Waals surface area contributed by atoms with Crippen molar-refractivity contribution in [1.29, 1.82) is 0 Å². The summed E-state index contributed by atoms with van der Waals surface area (Å²) in [5.41, 5.74) is 1.52. The van der Waals surface area contributed by atoms with Crippen molar-refractivity contribution in [2.75, 3.05) is 32.2 Å². The number of carbonyl (C=O) groups excluding carboxylic acids is 1. The third-order valence-electron chi connectivity index (χ3n) is 2.25. The lowest BCUT2D eigenvalue weighted by atomic mass is 10.1. The first-order valence-electron chi connectivity index (χ1n) is 4.84. The zero-order valence-corrected chi connectivity index (χ0v) is 8.58. The molecule has 0 aromatic heterocycles. The summed E-state index contributed by atoms with van der Waals surface area (Å²) in [5, 5.41) is 3.18. The van der Waals surface area contributed by atoms with Gasteiger partial charge in [0.15, 0.2) is 5.78 Å². The van der Waals surface area contributed by atoms with Gasteiger partial charge in [0, 0.05) is 19.2 Å². The van der Waals surface area contributed by atoms with Gasteiger partial charge in [-0.05, 0) is 18.2 Å². The van der Waals surface area contributed by atoms with Crippen LogP contribution in [0.25, 0.3) is 0 Å². The second-order valence-corrected chi connectivity index (χ2v) is 3.34. The highest BCUT2D eigenvalue weighted by molar-refractivity contribution is 5.98. The molecule has 1 aliphatic heterocycles. The lowest BCUT2D eigenvalue weighted by Gasteiger charge is -2.19. The minimum atomic E-state index is -0.0207. The Balaban J connectivity index is 2.24. The molecule has 4 heteroatoms. The molecule has 80 valence electrons. The van der Waals surface area contributed by atoms with Crippen LogP contribution in [0.4, 0.5) is 5.69 Å². The smallest absolute Gasteiger partial charge is 0.188 e. The Hall–Kier alpha value is -1.55. The second-order valence-electron chi connectivity index (χ2n) is 3.34. The van der Waals surface area contributed by atoms with Crippen LogP contribution in [0.2, 0.25) is 0 Å². The Bertz CT molecular complexity index is 376. The van der Waals surface area contributed by atoms with E-state index < -0.39 is 0 Å². The number of hydrogen-bond donors (Lipinski definition) is 1. The van der Waals surface area contributed by atoms with Crippen LogP contribution in [-0.4, -0.2) is 32.7 Å². The number of rotatable bonds is 3. The van der Waals surface area contributed by atoms with E-state index in [1.807, 2.05) is 6.07 Å². The van der Waals surface area contributed by atoms with E-state index in [0.717, 1.165) is 18.0 Å². The number of ketones is 1. The molecule has 2 rings (SSSR count). The van der Waals surface area contributed by atoms with E-state index in [0.29, 0.717) is 12.2 Å². The molecule has 0 fully saturated rings. The fourth-order valence-electron chi connectivity index (χ4n) is 1.53. The van der Waals surface area contributed by atoms with Crippen LogP contribution in [0.3, 0.4) is 0 Å². The predicted molar refractivity (Wildman–Crippen MR) is 56.6 cm³/mol. The standard InChI is InChI=1S/C11H13NO3/c1-14-7-10(13)8-2-3-11-9(6-8)12-4-5-15-11/h2-3,6,12H,4-5,7H2,1H3. The maximum absolute atomic E-state index is 11.5. The van der Waals surface area contributed by atoms with Gasteiger partial charge < -0.3 is 14.8 Å². The minimum Gasteiger partial charge on any atom is -0.490 e. The molecular weight excluding hydrogens is 194 g/mol. The highest BCUT2D eigenvalue weighted by Gasteiger charge is 2.12. The molecule has 1 aliphatic rings. The molecule has 1 heterocycles. The molecule has 0 saturated heterocycles. The molecule has 1 N–H and O–H groups in total. The van der Waals surface area contributed by atoms with E-state index in [1.165, 1.54) is 7.11 Å². The maximum atomic E-state index is 11.5. The van der Waals surface area contributed by atoms with Gasteiger partial charge in [-0.1, -0.05) is 0 Å². The topological polar surface area (TPSA) is 47.6 Å². The number of benzene rings is 1. The number of hydrogen-bond acceptors (Lipinski definition) is 4. The quantitative estimate of drug-likeness (QED) is 0.759. The Morgan fingerprint density at radius 1 is 1.60 bits per heavy atom. The maximum Gasteiger partial charge on any atom is 0.188 e. The van der Waals surface area contributed by atoms with Crippen LogP contribution < -0.4 is 10.1 Å².